The number of thiocarbonyl (C=S) groups is 1. The van der Waals surface area contributed by atoms with Gasteiger partial charge in [0.1, 0.15) is 15.6 Å². The van der Waals surface area contributed by atoms with Crippen LogP contribution in [-0.4, -0.2) is 24.9 Å². The van der Waals surface area contributed by atoms with Gasteiger partial charge in [0.2, 0.25) is 10.0 Å². The van der Waals surface area contributed by atoms with E-state index in [0.29, 0.717) is 12.5 Å². The smallest absolute Gasteiger partial charge is 0.242 e. The highest BCUT2D eigenvalue weighted by Crippen LogP contribution is 2.31. The first-order valence-electron chi connectivity index (χ1n) is 5.75. The third-order valence-corrected chi connectivity index (χ3v) is 4.52. The molecule has 0 bridgehead atoms. The summed E-state index contributed by atoms with van der Waals surface area (Å²) < 4.78 is 26.7. The Kier molecular flexibility index (Phi) is 3.94. The molecule has 0 aromatic carbocycles. The minimum Gasteiger partial charge on any atom is -0.388 e. The molecule has 1 fully saturated rings. The van der Waals surface area contributed by atoms with E-state index >= 15 is 0 Å². The highest BCUT2D eigenvalue weighted by molar-refractivity contribution is 7.89. The SMILES string of the molecule is NC(=S)c1ncccc1S(=O)(=O)NCCC1CC1. The summed E-state index contributed by atoms with van der Waals surface area (Å²) in [6, 6.07) is 3.01. The van der Waals surface area contributed by atoms with Crippen molar-refractivity contribution in [2.75, 3.05) is 6.54 Å². The van der Waals surface area contributed by atoms with E-state index in [9.17, 15) is 8.42 Å². The standard InChI is InChI=1S/C11H15N3O2S2/c12-11(17)10-9(2-1-6-13-10)18(15,16)14-7-5-8-3-4-8/h1-2,6,8,14H,3-5,7H2,(H2,12,17). The Morgan fingerprint density at radius 3 is 2.89 bits per heavy atom. The monoisotopic (exact) mass is 285 g/mol. The lowest BCUT2D eigenvalue weighted by Gasteiger charge is -2.09. The number of hydrogen-bond donors (Lipinski definition) is 2. The van der Waals surface area contributed by atoms with Crippen LogP contribution in [0.5, 0.6) is 0 Å². The summed E-state index contributed by atoms with van der Waals surface area (Å²) in [5.41, 5.74) is 5.62. The molecule has 0 amide bonds. The van der Waals surface area contributed by atoms with Gasteiger partial charge < -0.3 is 5.73 Å². The Hall–Kier alpha value is -1.05. The summed E-state index contributed by atoms with van der Waals surface area (Å²) in [5, 5.41) is 0. The molecule has 0 atom stereocenters. The maximum absolute atomic E-state index is 12.1. The topological polar surface area (TPSA) is 85.1 Å². The zero-order chi connectivity index (χ0) is 13.2. The molecule has 3 N–H and O–H groups in total. The molecule has 1 aromatic heterocycles. The zero-order valence-electron chi connectivity index (χ0n) is 9.80. The third-order valence-electron chi connectivity index (χ3n) is 2.84. The highest BCUT2D eigenvalue weighted by Gasteiger charge is 2.23. The van der Waals surface area contributed by atoms with Crippen LogP contribution in [0.4, 0.5) is 0 Å². The average Bonchev–Trinajstić information content (AvgIpc) is 3.13. The summed E-state index contributed by atoms with van der Waals surface area (Å²) >= 11 is 4.81. The van der Waals surface area contributed by atoms with Gasteiger partial charge in [-0.1, -0.05) is 25.1 Å². The Morgan fingerprint density at radius 2 is 2.28 bits per heavy atom. The zero-order valence-corrected chi connectivity index (χ0v) is 11.4. The molecule has 1 heterocycles. The molecule has 0 spiro atoms. The molecule has 5 nitrogen and oxygen atoms in total. The molecule has 0 saturated heterocycles. The lowest BCUT2D eigenvalue weighted by molar-refractivity contribution is 0.574. The normalized spacial score (nSPS) is 15.6. The summed E-state index contributed by atoms with van der Waals surface area (Å²) in [5.74, 6) is 0.677. The van der Waals surface area contributed by atoms with Crippen LogP contribution in [0.15, 0.2) is 23.2 Å². The lowest BCUT2D eigenvalue weighted by atomic mass is 10.3. The van der Waals surface area contributed by atoms with Gasteiger partial charge in [0.25, 0.3) is 0 Å². The maximum Gasteiger partial charge on any atom is 0.242 e. The Balaban J connectivity index is 2.14. The van der Waals surface area contributed by atoms with E-state index in [1.54, 1.807) is 6.07 Å². The van der Waals surface area contributed by atoms with Gasteiger partial charge in [0.15, 0.2) is 0 Å². The van der Waals surface area contributed by atoms with E-state index in [4.69, 9.17) is 18.0 Å². The number of nitrogens with one attached hydrogen (secondary N) is 1. The first-order valence-corrected chi connectivity index (χ1v) is 7.64. The van der Waals surface area contributed by atoms with Crippen LogP contribution in [0.25, 0.3) is 0 Å². The van der Waals surface area contributed by atoms with Gasteiger partial charge in [-0.2, -0.15) is 0 Å². The van der Waals surface area contributed by atoms with Crippen LogP contribution in [0.2, 0.25) is 0 Å². The number of nitrogens with two attached hydrogens (primary N) is 1. The molecule has 2 rings (SSSR count). The van der Waals surface area contributed by atoms with Crippen LogP contribution in [0, 0.1) is 5.92 Å². The van der Waals surface area contributed by atoms with E-state index in [2.05, 4.69) is 9.71 Å². The maximum atomic E-state index is 12.1. The van der Waals surface area contributed by atoms with Gasteiger partial charge in [-0.25, -0.2) is 13.1 Å². The fourth-order valence-electron chi connectivity index (χ4n) is 1.67. The van der Waals surface area contributed by atoms with Gasteiger partial charge in [0, 0.05) is 12.7 Å². The van der Waals surface area contributed by atoms with Crippen LogP contribution < -0.4 is 10.5 Å². The van der Waals surface area contributed by atoms with Crippen molar-refractivity contribution in [2.45, 2.75) is 24.2 Å². The summed E-state index contributed by atoms with van der Waals surface area (Å²) in [6.45, 7) is 0.443. The van der Waals surface area contributed by atoms with E-state index < -0.39 is 10.0 Å². The van der Waals surface area contributed by atoms with Gasteiger partial charge >= 0.3 is 0 Å². The molecule has 18 heavy (non-hydrogen) atoms. The number of hydrogen-bond acceptors (Lipinski definition) is 4. The lowest BCUT2D eigenvalue weighted by Crippen LogP contribution is -2.28. The Bertz CT molecular complexity index is 553. The highest BCUT2D eigenvalue weighted by atomic mass is 32.2. The van der Waals surface area contributed by atoms with Crippen molar-refractivity contribution in [1.82, 2.24) is 9.71 Å². The molecular weight excluding hydrogens is 270 g/mol. The van der Waals surface area contributed by atoms with Gasteiger partial charge in [-0.15, -0.1) is 0 Å². The third kappa shape index (κ3) is 3.24. The summed E-state index contributed by atoms with van der Waals surface area (Å²) in [4.78, 5) is 3.95. The van der Waals surface area contributed by atoms with Gasteiger partial charge in [-0.3, -0.25) is 4.98 Å². The van der Waals surface area contributed by atoms with Crippen LogP contribution in [-0.2, 0) is 10.0 Å². The van der Waals surface area contributed by atoms with Gasteiger partial charge in [-0.05, 0) is 24.5 Å². The predicted octanol–water partition coefficient (Wildman–Crippen LogP) is 0.794. The minimum absolute atomic E-state index is 0.0156. The Morgan fingerprint density at radius 1 is 1.56 bits per heavy atom. The second kappa shape index (κ2) is 5.29. The van der Waals surface area contributed by atoms with Crippen LogP contribution in [0.3, 0.4) is 0 Å². The van der Waals surface area contributed by atoms with E-state index in [1.807, 2.05) is 0 Å². The van der Waals surface area contributed by atoms with Crippen molar-refractivity contribution >= 4 is 27.2 Å². The molecule has 0 aliphatic heterocycles. The van der Waals surface area contributed by atoms with Crippen molar-refractivity contribution in [2.24, 2.45) is 11.7 Å². The fourth-order valence-corrected chi connectivity index (χ4v) is 3.12. The summed E-state index contributed by atoms with van der Waals surface area (Å²) in [7, 11) is -3.58. The van der Waals surface area contributed by atoms with Crippen molar-refractivity contribution in [1.29, 1.82) is 0 Å². The molecular formula is C11H15N3O2S2. The molecule has 98 valence electrons. The number of nitrogens with zero attached hydrogens (tertiary/aromatic N) is 1. The van der Waals surface area contributed by atoms with Crippen LogP contribution >= 0.6 is 12.2 Å². The Labute approximate surface area is 112 Å². The predicted molar refractivity (Wildman–Crippen MR) is 72.7 cm³/mol. The van der Waals surface area contributed by atoms with Crippen molar-refractivity contribution in [3.05, 3.63) is 24.0 Å². The van der Waals surface area contributed by atoms with E-state index in [-0.39, 0.29) is 15.6 Å². The van der Waals surface area contributed by atoms with Gasteiger partial charge in [0.05, 0.1) is 0 Å². The molecule has 1 aliphatic rings. The average molecular weight is 285 g/mol. The molecule has 0 radical (unpaired) electrons. The largest absolute Gasteiger partial charge is 0.388 e. The minimum atomic E-state index is -3.58. The second-order valence-electron chi connectivity index (χ2n) is 4.34. The summed E-state index contributed by atoms with van der Waals surface area (Å²) in [6.07, 6.45) is 4.75. The van der Waals surface area contributed by atoms with E-state index in [0.717, 1.165) is 6.42 Å². The number of pyridine rings is 1. The molecule has 1 aliphatic carbocycles. The number of sulfonamides is 1. The van der Waals surface area contributed by atoms with Crippen molar-refractivity contribution in [3.63, 3.8) is 0 Å². The quantitative estimate of drug-likeness (QED) is 0.755. The second-order valence-corrected chi connectivity index (χ2v) is 6.52. The molecule has 7 heteroatoms. The first kappa shape index (κ1) is 13.4. The van der Waals surface area contributed by atoms with E-state index in [1.165, 1.54) is 25.1 Å². The number of aromatic nitrogens is 1. The molecule has 1 aromatic rings. The van der Waals surface area contributed by atoms with Crippen molar-refractivity contribution < 1.29 is 8.42 Å². The van der Waals surface area contributed by atoms with Crippen molar-refractivity contribution in [3.8, 4) is 0 Å². The van der Waals surface area contributed by atoms with Crippen LogP contribution in [0.1, 0.15) is 25.0 Å². The first-order chi connectivity index (χ1) is 8.50. The number of rotatable bonds is 6. The molecule has 1 saturated carbocycles. The molecule has 0 unspecified atom stereocenters. The fraction of sp³-hybridized carbons (Fsp3) is 0.455.